The average Bonchev–Trinajstić information content (AvgIpc) is 2.43. The first-order chi connectivity index (χ1) is 9.65. The van der Waals surface area contributed by atoms with Crippen molar-refractivity contribution in [2.45, 2.75) is 6.42 Å². The summed E-state index contributed by atoms with van der Waals surface area (Å²) in [4.78, 5) is 22.3. The second kappa shape index (κ2) is 6.46. The van der Waals surface area contributed by atoms with E-state index in [9.17, 15) is 14.0 Å². The molecule has 7 heteroatoms. The molecular formula is C13H13FN4O2. The molecule has 1 heterocycles. The van der Waals surface area contributed by atoms with E-state index >= 15 is 0 Å². The molecule has 2 amide bonds. The fraction of sp³-hybridized carbons (Fsp3) is 0.154. The van der Waals surface area contributed by atoms with Crippen LogP contribution < -0.4 is 16.2 Å². The first-order valence-electron chi connectivity index (χ1n) is 5.99. The second-order valence-corrected chi connectivity index (χ2v) is 4.03. The third-order valence-corrected chi connectivity index (χ3v) is 2.56. The summed E-state index contributed by atoms with van der Waals surface area (Å²) >= 11 is 0. The number of hydrogen-bond donors (Lipinski definition) is 3. The van der Waals surface area contributed by atoms with Crippen molar-refractivity contribution < 1.29 is 9.18 Å². The van der Waals surface area contributed by atoms with Gasteiger partial charge in [-0.05, 0) is 24.1 Å². The van der Waals surface area contributed by atoms with Crippen molar-refractivity contribution in [1.82, 2.24) is 15.5 Å². The number of urea groups is 1. The number of amides is 2. The Morgan fingerprint density at radius 1 is 1.25 bits per heavy atom. The molecule has 2 rings (SSSR count). The minimum Gasteiger partial charge on any atom is -0.337 e. The molecule has 0 aliphatic heterocycles. The minimum atomic E-state index is -0.471. The first-order valence-corrected chi connectivity index (χ1v) is 5.99. The Balaban J connectivity index is 1.79. The SMILES string of the molecule is O=C(NCCc1ccccc1F)Nc1ccc(=O)[nH]n1. The van der Waals surface area contributed by atoms with Crippen molar-refractivity contribution in [1.29, 1.82) is 0 Å². The molecule has 1 aromatic heterocycles. The van der Waals surface area contributed by atoms with Gasteiger partial charge in [0.1, 0.15) is 5.82 Å². The predicted octanol–water partition coefficient (Wildman–Crippen LogP) is 1.27. The van der Waals surface area contributed by atoms with Crippen LogP contribution in [0.1, 0.15) is 5.56 Å². The van der Waals surface area contributed by atoms with Crippen LogP contribution in [0, 0.1) is 5.82 Å². The van der Waals surface area contributed by atoms with Crippen LogP contribution in [-0.4, -0.2) is 22.8 Å². The number of aromatic amines is 1. The van der Waals surface area contributed by atoms with Gasteiger partial charge in [0.25, 0.3) is 5.56 Å². The molecule has 0 saturated carbocycles. The number of H-pyrrole nitrogens is 1. The van der Waals surface area contributed by atoms with Crippen molar-refractivity contribution in [2.24, 2.45) is 0 Å². The van der Waals surface area contributed by atoms with Crippen LogP contribution in [0.2, 0.25) is 0 Å². The number of hydrogen-bond acceptors (Lipinski definition) is 3. The van der Waals surface area contributed by atoms with Crippen LogP contribution in [0.3, 0.4) is 0 Å². The van der Waals surface area contributed by atoms with E-state index < -0.39 is 6.03 Å². The lowest BCUT2D eigenvalue weighted by Crippen LogP contribution is -2.31. The van der Waals surface area contributed by atoms with Gasteiger partial charge in [-0.15, -0.1) is 0 Å². The molecule has 0 saturated heterocycles. The number of anilines is 1. The maximum absolute atomic E-state index is 13.3. The van der Waals surface area contributed by atoms with E-state index in [2.05, 4.69) is 20.8 Å². The van der Waals surface area contributed by atoms with Gasteiger partial charge in [-0.2, -0.15) is 5.10 Å². The highest BCUT2D eigenvalue weighted by Gasteiger charge is 2.04. The molecule has 0 aliphatic carbocycles. The monoisotopic (exact) mass is 276 g/mol. The highest BCUT2D eigenvalue weighted by molar-refractivity contribution is 5.87. The molecule has 2 aromatic rings. The van der Waals surface area contributed by atoms with Crippen LogP contribution in [0.5, 0.6) is 0 Å². The Morgan fingerprint density at radius 3 is 2.75 bits per heavy atom. The Hall–Kier alpha value is -2.70. The number of carbonyl (C=O) groups excluding carboxylic acids is 1. The smallest absolute Gasteiger partial charge is 0.320 e. The molecule has 0 spiro atoms. The molecule has 0 bridgehead atoms. The molecular weight excluding hydrogens is 263 g/mol. The summed E-state index contributed by atoms with van der Waals surface area (Å²) in [5.74, 6) is -0.0648. The Bertz CT molecular complexity index is 636. The lowest BCUT2D eigenvalue weighted by atomic mass is 10.1. The molecule has 20 heavy (non-hydrogen) atoms. The Kier molecular flexibility index (Phi) is 4.43. The topological polar surface area (TPSA) is 86.9 Å². The normalized spacial score (nSPS) is 10.1. The highest BCUT2D eigenvalue weighted by atomic mass is 19.1. The molecule has 0 unspecified atom stereocenters. The quantitative estimate of drug-likeness (QED) is 0.786. The van der Waals surface area contributed by atoms with Gasteiger partial charge < -0.3 is 5.32 Å². The van der Waals surface area contributed by atoms with Crippen molar-refractivity contribution >= 4 is 11.8 Å². The maximum Gasteiger partial charge on any atom is 0.320 e. The summed E-state index contributed by atoms with van der Waals surface area (Å²) in [5, 5.41) is 10.8. The predicted molar refractivity (Wildman–Crippen MR) is 72.0 cm³/mol. The zero-order chi connectivity index (χ0) is 14.4. The summed E-state index contributed by atoms with van der Waals surface area (Å²) in [6, 6.07) is 8.56. The van der Waals surface area contributed by atoms with Crippen LogP contribution in [-0.2, 0) is 6.42 Å². The fourth-order valence-corrected chi connectivity index (χ4v) is 1.59. The summed E-state index contributed by atoms with van der Waals surface area (Å²) in [7, 11) is 0. The van der Waals surface area contributed by atoms with E-state index in [1.165, 1.54) is 18.2 Å². The standard InChI is InChI=1S/C13H13FN4O2/c14-10-4-2-1-3-9(10)7-8-15-13(20)16-11-5-6-12(19)18-17-11/h1-6H,7-8H2,(H,18,19)(H2,15,16,17,20). The van der Waals surface area contributed by atoms with Gasteiger partial charge in [0.15, 0.2) is 5.82 Å². The van der Waals surface area contributed by atoms with E-state index in [0.717, 1.165) is 0 Å². The van der Waals surface area contributed by atoms with Crippen molar-refractivity contribution in [3.63, 3.8) is 0 Å². The largest absolute Gasteiger partial charge is 0.337 e. The summed E-state index contributed by atoms with van der Waals surface area (Å²) in [5.41, 5.74) is 0.186. The van der Waals surface area contributed by atoms with Crippen LogP contribution in [0.25, 0.3) is 0 Å². The number of carbonyl (C=O) groups is 1. The number of nitrogens with one attached hydrogen (secondary N) is 3. The minimum absolute atomic E-state index is 0.230. The Labute approximate surface area is 114 Å². The van der Waals surface area contributed by atoms with Gasteiger partial charge in [-0.1, -0.05) is 18.2 Å². The first kappa shape index (κ1) is 13.7. The van der Waals surface area contributed by atoms with Crippen molar-refractivity contribution in [3.8, 4) is 0 Å². The summed E-state index contributed by atoms with van der Waals surface area (Å²) in [6.45, 7) is 0.288. The van der Waals surface area contributed by atoms with Gasteiger partial charge in [-0.25, -0.2) is 14.3 Å². The van der Waals surface area contributed by atoms with Gasteiger partial charge >= 0.3 is 6.03 Å². The third-order valence-electron chi connectivity index (χ3n) is 2.56. The number of rotatable bonds is 4. The molecule has 0 fully saturated rings. The highest BCUT2D eigenvalue weighted by Crippen LogP contribution is 2.06. The lowest BCUT2D eigenvalue weighted by molar-refractivity contribution is 0.252. The van der Waals surface area contributed by atoms with Gasteiger partial charge in [0.2, 0.25) is 0 Å². The zero-order valence-corrected chi connectivity index (χ0v) is 10.5. The molecule has 0 aliphatic rings. The lowest BCUT2D eigenvalue weighted by Gasteiger charge is -2.07. The van der Waals surface area contributed by atoms with E-state index in [1.54, 1.807) is 18.2 Å². The molecule has 3 N–H and O–H groups in total. The maximum atomic E-state index is 13.3. The van der Waals surface area contributed by atoms with Crippen molar-refractivity contribution in [2.75, 3.05) is 11.9 Å². The van der Waals surface area contributed by atoms with Gasteiger partial charge in [0.05, 0.1) is 0 Å². The molecule has 104 valence electrons. The number of nitrogens with zero attached hydrogens (tertiary/aromatic N) is 1. The van der Waals surface area contributed by atoms with E-state index in [0.29, 0.717) is 12.0 Å². The zero-order valence-electron chi connectivity index (χ0n) is 10.5. The van der Waals surface area contributed by atoms with E-state index in [4.69, 9.17) is 0 Å². The summed E-state index contributed by atoms with van der Waals surface area (Å²) < 4.78 is 13.3. The van der Waals surface area contributed by atoms with Crippen LogP contribution in [0.15, 0.2) is 41.2 Å². The fourth-order valence-electron chi connectivity index (χ4n) is 1.59. The molecule has 6 nitrogen and oxygen atoms in total. The number of aromatic nitrogens is 2. The van der Waals surface area contributed by atoms with Gasteiger partial charge in [-0.3, -0.25) is 10.1 Å². The van der Waals surface area contributed by atoms with Gasteiger partial charge in [0, 0.05) is 12.6 Å². The van der Waals surface area contributed by atoms with E-state index in [1.807, 2.05) is 0 Å². The third kappa shape index (κ3) is 3.91. The second-order valence-electron chi connectivity index (χ2n) is 4.03. The number of benzene rings is 1. The Morgan fingerprint density at radius 2 is 2.05 bits per heavy atom. The van der Waals surface area contributed by atoms with Crippen molar-refractivity contribution in [3.05, 3.63) is 58.1 Å². The van der Waals surface area contributed by atoms with E-state index in [-0.39, 0.29) is 23.7 Å². The van der Waals surface area contributed by atoms with Crippen LogP contribution in [0.4, 0.5) is 15.0 Å². The molecule has 0 radical (unpaired) electrons. The number of halogens is 1. The average molecular weight is 276 g/mol. The molecule has 1 aromatic carbocycles. The van der Waals surface area contributed by atoms with Crippen LogP contribution >= 0.6 is 0 Å². The summed E-state index contributed by atoms with van der Waals surface area (Å²) in [6.07, 6.45) is 0.388. The molecule has 0 atom stereocenters.